The lowest BCUT2D eigenvalue weighted by Gasteiger charge is -2.04. The molecule has 0 aliphatic carbocycles. The quantitative estimate of drug-likeness (QED) is 0.459. The van der Waals surface area contributed by atoms with E-state index in [4.69, 9.17) is 9.84 Å². The molecule has 5 heteroatoms. The largest absolute Gasteiger partial charge is 0.504 e. The van der Waals surface area contributed by atoms with E-state index in [1.54, 1.807) is 0 Å². The fourth-order valence-corrected chi connectivity index (χ4v) is 1.05. The van der Waals surface area contributed by atoms with Crippen molar-refractivity contribution in [3.05, 3.63) is 29.8 Å². The predicted molar refractivity (Wildman–Crippen MR) is 56.1 cm³/mol. The molecule has 2 N–H and O–H groups in total. The van der Waals surface area contributed by atoms with Crippen molar-refractivity contribution in [2.24, 2.45) is 0 Å². The molecule has 0 fully saturated rings. The summed E-state index contributed by atoms with van der Waals surface area (Å²) in [5.41, 5.74) is 0.496. The molecule has 0 aromatic heterocycles. The van der Waals surface area contributed by atoms with Gasteiger partial charge >= 0.3 is 11.9 Å². The average molecular weight is 222 g/mol. The maximum absolute atomic E-state index is 10.6. The van der Waals surface area contributed by atoms with Crippen molar-refractivity contribution in [1.82, 2.24) is 0 Å². The van der Waals surface area contributed by atoms with Crippen LogP contribution in [0.3, 0.4) is 0 Å². The summed E-state index contributed by atoms with van der Waals surface area (Å²) in [6.45, 7) is 1.22. The highest BCUT2D eigenvalue weighted by molar-refractivity contribution is 5.85. The first-order valence-electron chi connectivity index (χ1n) is 4.41. The minimum Gasteiger partial charge on any atom is -0.504 e. The van der Waals surface area contributed by atoms with Crippen LogP contribution in [0.5, 0.6) is 11.5 Å². The number of phenols is 1. The maximum Gasteiger partial charge on any atom is 0.328 e. The van der Waals surface area contributed by atoms with Crippen molar-refractivity contribution in [1.29, 1.82) is 0 Å². The number of aliphatic carboxylic acids is 1. The Kier molecular flexibility index (Phi) is 3.66. The molecule has 0 aliphatic rings. The Labute approximate surface area is 91.6 Å². The molecule has 0 spiro atoms. The third kappa shape index (κ3) is 3.45. The second-order valence-electron chi connectivity index (χ2n) is 2.99. The molecule has 0 radical (unpaired) electrons. The minimum absolute atomic E-state index is 0.0416. The summed E-state index contributed by atoms with van der Waals surface area (Å²) in [6.07, 6.45) is 2.26. The summed E-state index contributed by atoms with van der Waals surface area (Å²) in [4.78, 5) is 20.9. The smallest absolute Gasteiger partial charge is 0.328 e. The van der Waals surface area contributed by atoms with Crippen LogP contribution in [0.25, 0.3) is 6.08 Å². The normalized spacial score (nSPS) is 10.3. The van der Waals surface area contributed by atoms with Crippen LogP contribution < -0.4 is 4.74 Å². The zero-order valence-electron chi connectivity index (χ0n) is 8.51. The van der Waals surface area contributed by atoms with Gasteiger partial charge in [0, 0.05) is 13.0 Å². The molecule has 1 rings (SSSR count). The van der Waals surface area contributed by atoms with E-state index in [1.807, 2.05) is 0 Å². The molecule has 0 saturated heterocycles. The number of esters is 1. The number of aromatic hydroxyl groups is 1. The van der Waals surface area contributed by atoms with Gasteiger partial charge in [-0.15, -0.1) is 0 Å². The lowest BCUT2D eigenvalue weighted by atomic mass is 10.2. The molecule has 0 bridgehead atoms. The van der Waals surface area contributed by atoms with E-state index in [2.05, 4.69) is 0 Å². The number of ether oxygens (including phenoxy) is 1. The fourth-order valence-electron chi connectivity index (χ4n) is 1.05. The Bertz CT molecular complexity index is 448. The Morgan fingerprint density at radius 2 is 2.06 bits per heavy atom. The standard InChI is InChI=1S/C11H10O5/c1-7(12)16-10-4-2-8(6-9(10)13)3-5-11(14)15/h2-6,13H,1H3,(H,14,15)/b5-3+. The molecule has 0 aliphatic heterocycles. The Balaban J connectivity index is 2.90. The number of carbonyl (C=O) groups excluding carboxylic acids is 1. The molecule has 0 amide bonds. The number of rotatable bonds is 3. The average Bonchev–Trinajstić information content (AvgIpc) is 2.18. The van der Waals surface area contributed by atoms with Crippen molar-refractivity contribution in [3.63, 3.8) is 0 Å². The number of hydrogen-bond acceptors (Lipinski definition) is 4. The van der Waals surface area contributed by atoms with Crippen molar-refractivity contribution >= 4 is 18.0 Å². The van der Waals surface area contributed by atoms with Crippen molar-refractivity contribution < 1.29 is 24.5 Å². The number of carboxylic acids is 1. The summed E-state index contributed by atoms with van der Waals surface area (Å²) in [5.74, 6) is -1.80. The van der Waals surface area contributed by atoms with Crippen LogP contribution in [-0.2, 0) is 9.59 Å². The van der Waals surface area contributed by atoms with Crippen LogP contribution in [0.1, 0.15) is 12.5 Å². The zero-order valence-corrected chi connectivity index (χ0v) is 8.51. The van der Waals surface area contributed by atoms with E-state index in [0.29, 0.717) is 5.56 Å². The second kappa shape index (κ2) is 4.97. The van der Waals surface area contributed by atoms with E-state index >= 15 is 0 Å². The van der Waals surface area contributed by atoms with Gasteiger partial charge in [-0.1, -0.05) is 6.07 Å². The van der Waals surface area contributed by atoms with E-state index in [0.717, 1.165) is 6.08 Å². The predicted octanol–water partition coefficient (Wildman–Crippen LogP) is 1.42. The van der Waals surface area contributed by atoms with Crippen LogP contribution in [0.2, 0.25) is 0 Å². The van der Waals surface area contributed by atoms with E-state index in [9.17, 15) is 14.7 Å². The third-order valence-corrected chi connectivity index (χ3v) is 1.66. The first-order chi connectivity index (χ1) is 7.49. The highest BCUT2D eigenvalue weighted by Gasteiger charge is 2.05. The second-order valence-corrected chi connectivity index (χ2v) is 2.99. The molecule has 0 saturated carbocycles. The van der Waals surface area contributed by atoms with Gasteiger partial charge in [-0.2, -0.15) is 0 Å². The SMILES string of the molecule is CC(=O)Oc1ccc(/C=C/C(=O)O)cc1O. The van der Waals surface area contributed by atoms with Gasteiger partial charge in [0.2, 0.25) is 0 Å². The van der Waals surface area contributed by atoms with E-state index in [-0.39, 0.29) is 11.5 Å². The van der Waals surface area contributed by atoms with Crippen LogP contribution in [-0.4, -0.2) is 22.2 Å². The summed E-state index contributed by atoms with van der Waals surface area (Å²) >= 11 is 0. The van der Waals surface area contributed by atoms with Crippen molar-refractivity contribution in [2.45, 2.75) is 6.92 Å². The molecular weight excluding hydrogens is 212 g/mol. The van der Waals surface area contributed by atoms with Gasteiger partial charge in [0.1, 0.15) is 0 Å². The minimum atomic E-state index is -1.08. The van der Waals surface area contributed by atoms with Gasteiger partial charge in [-0.05, 0) is 23.8 Å². The van der Waals surface area contributed by atoms with Gasteiger partial charge in [0.05, 0.1) is 0 Å². The lowest BCUT2D eigenvalue weighted by Crippen LogP contribution is -2.01. The molecule has 1 aromatic carbocycles. The highest BCUT2D eigenvalue weighted by Crippen LogP contribution is 2.27. The van der Waals surface area contributed by atoms with E-state index < -0.39 is 11.9 Å². The number of phenolic OH excluding ortho intramolecular Hbond substituents is 1. The summed E-state index contributed by atoms with van der Waals surface area (Å²) in [5, 5.41) is 17.8. The maximum atomic E-state index is 10.6. The Morgan fingerprint density at radius 3 is 2.56 bits per heavy atom. The summed E-state index contributed by atoms with van der Waals surface area (Å²) in [6, 6.07) is 4.22. The summed E-state index contributed by atoms with van der Waals surface area (Å²) < 4.78 is 4.70. The van der Waals surface area contributed by atoms with Gasteiger partial charge in [0.15, 0.2) is 11.5 Å². The van der Waals surface area contributed by atoms with Crippen LogP contribution >= 0.6 is 0 Å². The number of carbonyl (C=O) groups is 2. The monoisotopic (exact) mass is 222 g/mol. The number of hydrogen-bond donors (Lipinski definition) is 2. The Morgan fingerprint density at radius 1 is 1.38 bits per heavy atom. The molecule has 0 atom stereocenters. The highest BCUT2D eigenvalue weighted by atomic mass is 16.5. The van der Waals surface area contributed by atoms with Crippen molar-refractivity contribution in [2.75, 3.05) is 0 Å². The van der Waals surface area contributed by atoms with Gasteiger partial charge in [-0.25, -0.2) is 4.79 Å². The molecular formula is C11H10O5. The van der Waals surface area contributed by atoms with Gasteiger partial charge < -0.3 is 14.9 Å². The van der Waals surface area contributed by atoms with Crippen LogP contribution in [0.4, 0.5) is 0 Å². The molecule has 5 nitrogen and oxygen atoms in total. The van der Waals surface area contributed by atoms with Crippen molar-refractivity contribution in [3.8, 4) is 11.5 Å². The molecule has 0 unspecified atom stereocenters. The van der Waals surface area contributed by atoms with E-state index in [1.165, 1.54) is 31.2 Å². The number of carboxylic acid groups (broad SMARTS) is 1. The summed E-state index contributed by atoms with van der Waals surface area (Å²) in [7, 11) is 0. The van der Waals surface area contributed by atoms with Gasteiger partial charge in [-0.3, -0.25) is 4.79 Å². The zero-order chi connectivity index (χ0) is 12.1. The topological polar surface area (TPSA) is 83.8 Å². The molecule has 84 valence electrons. The Hall–Kier alpha value is -2.30. The molecule has 0 heterocycles. The molecule has 16 heavy (non-hydrogen) atoms. The molecule has 1 aromatic rings. The first-order valence-corrected chi connectivity index (χ1v) is 4.41. The van der Waals surface area contributed by atoms with Crippen LogP contribution in [0.15, 0.2) is 24.3 Å². The third-order valence-electron chi connectivity index (χ3n) is 1.66. The van der Waals surface area contributed by atoms with Gasteiger partial charge in [0.25, 0.3) is 0 Å². The van der Waals surface area contributed by atoms with Crippen LogP contribution in [0, 0.1) is 0 Å². The first kappa shape index (κ1) is 11.8. The number of benzene rings is 1. The fraction of sp³-hybridized carbons (Fsp3) is 0.0909. The lowest BCUT2D eigenvalue weighted by molar-refractivity contribution is -0.132.